The molecule has 0 spiro atoms. The minimum Gasteiger partial charge on any atom is -0.357 e. The first-order valence-electron chi connectivity index (χ1n) is 6.22. The molecule has 0 saturated heterocycles. The van der Waals surface area contributed by atoms with Crippen LogP contribution in [0.15, 0.2) is 18.2 Å². The van der Waals surface area contributed by atoms with Crippen LogP contribution in [0.25, 0.3) is 10.9 Å². The largest absolute Gasteiger partial charge is 0.357 e. The highest BCUT2D eigenvalue weighted by atomic mass is 15.2. The monoisotopic (exact) mass is 229 g/mol. The van der Waals surface area contributed by atoms with Crippen molar-refractivity contribution in [1.82, 2.24) is 9.88 Å². The second-order valence-electron chi connectivity index (χ2n) is 5.00. The lowest BCUT2D eigenvalue weighted by Gasteiger charge is -2.31. The number of nitrogens with one attached hydrogen (secondary N) is 1. The van der Waals surface area contributed by atoms with E-state index in [4.69, 9.17) is 5.73 Å². The van der Waals surface area contributed by atoms with E-state index in [1.807, 2.05) is 0 Å². The van der Waals surface area contributed by atoms with Gasteiger partial charge < -0.3 is 10.7 Å². The first kappa shape index (κ1) is 10.8. The molecule has 0 bridgehead atoms. The summed E-state index contributed by atoms with van der Waals surface area (Å²) in [4.78, 5) is 5.91. The molecule has 0 amide bonds. The molecular weight excluding hydrogens is 210 g/mol. The fourth-order valence-electron chi connectivity index (χ4n) is 3.03. The van der Waals surface area contributed by atoms with Crippen LogP contribution in [0.2, 0.25) is 0 Å². The molecule has 0 radical (unpaired) electrons. The van der Waals surface area contributed by atoms with E-state index in [9.17, 15) is 0 Å². The molecule has 1 aromatic heterocycles. The lowest BCUT2D eigenvalue weighted by molar-refractivity contribution is 0.233. The van der Waals surface area contributed by atoms with Gasteiger partial charge in [-0.1, -0.05) is 12.1 Å². The molecule has 1 atom stereocenters. The van der Waals surface area contributed by atoms with Gasteiger partial charge in [-0.05, 0) is 37.6 Å². The Labute approximate surface area is 102 Å². The number of nitrogens with two attached hydrogens (primary N) is 1. The van der Waals surface area contributed by atoms with Crippen molar-refractivity contribution >= 4 is 10.9 Å². The first-order valence-corrected chi connectivity index (χ1v) is 6.22. The third kappa shape index (κ3) is 1.50. The molecule has 1 aliphatic rings. The summed E-state index contributed by atoms with van der Waals surface area (Å²) in [6.07, 6.45) is 1.12. The SMILES string of the molecule is Cc1cccc2[nH]c3c(c12)CCN(C)C3CN. The van der Waals surface area contributed by atoms with Gasteiger partial charge in [0.2, 0.25) is 0 Å². The lowest BCUT2D eigenvalue weighted by Crippen LogP contribution is -2.36. The fraction of sp³-hybridized carbons (Fsp3) is 0.429. The Morgan fingerprint density at radius 1 is 1.47 bits per heavy atom. The number of fused-ring (bicyclic) bond motifs is 3. The number of H-pyrrole nitrogens is 1. The minimum atomic E-state index is 0.338. The maximum absolute atomic E-state index is 5.91. The van der Waals surface area contributed by atoms with Crippen molar-refractivity contribution in [2.75, 3.05) is 20.1 Å². The van der Waals surface area contributed by atoms with E-state index in [0.717, 1.165) is 13.0 Å². The topological polar surface area (TPSA) is 45.0 Å². The Morgan fingerprint density at radius 2 is 2.29 bits per heavy atom. The van der Waals surface area contributed by atoms with Gasteiger partial charge in [-0.25, -0.2) is 0 Å². The van der Waals surface area contributed by atoms with Crippen LogP contribution in [0.3, 0.4) is 0 Å². The summed E-state index contributed by atoms with van der Waals surface area (Å²) in [6, 6.07) is 6.80. The Morgan fingerprint density at radius 3 is 3.06 bits per heavy atom. The van der Waals surface area contributed by atoms with Crippen molar-refractivity contribution in [3.63, 3.8) is 0 Å². The molecule has 3 nitrogen and oxygen atoms in total. The quantitative estimate of drug-likeness (QED) is 0.785. The zero-order chi connectivity index (χ0) is 12.0. The number of nitrogens with zero attached hydrogens (tertiary/aromatic N) is 1. The molecule has 1 unspecified atom stereocenters. The van der Waals surface area contributed by atoms with Crippen molar-refractivity contribution in [2.45, 2.75) is 19.4 Å². The van der Waals surface area contributed by atoms with E-state index in [1.54, 1.807) is 0 Å². The van der Waals surface area contributed by atoms with Gasteiger partial charge in [0.1, 0.15) is 0 Å². The van der Waals surface area contributed by atoms with E-state index in [1.165, 1.54) is 27.7 Å². The van der Waals surface area contributed by atoms with Gasteiger partial charge in [0.25, 0.3) is 0 Å². The summed E-state index contributed by atoms with van der Waals surface area (Å²) in [5, 5.41) is 1.41. The van der Waals surface area contributed by atoms with Crippen LogP contribution < -0.4 is 5.73 Å². The van der Waals surface area contributed by atoms with E-state index in [-0.39, 0.29) is 0 Å². The molecule has 90 valence electrons. The molecular formula is C14H19N3. The van der Waals surface area contributed by atoms with Crippen molar-refractivity contribution in [2.24, 2.45) is 5.73 Å². The number of rotatable bonds is 1. The van der Waals surface area contributed by atoms with Crippen LogP contribution in [-0.4, -0.2) is 30.0 Å². The van der Waals surface area contributed by atoms with Gasteiger partial charge in [0.15, 0.2) is 0 Å². The molecule has 2 aromatic rings. The lowest BCUT2D eigenvalue weighted by atomic mass is 9.96. The predicted molar refractivity (Wildman–Crippen MR) is 71.2 cm³/mol. The first-order chi connectivity index (χ1) is 8.22. The molecule has 3 rings (SSSR count). The van der Waals surface area contributed by atoms with Gasteiger partial charge in [0, 0.05) is 29.7 Å². The van der Waals surface area contributed by atoms with Crippen LogP contribution in [0.5, 0.6) is 0 Å². The van der Waals surface area contributed by atoms with Crippen molar-refractivity contribution < 1.29 is 0 Å². The number of hydrogen-bond acceptors (Lipinski definition) is 2. The van der Waals surface area contributed by atoms with Crippen LogP contribution >= 0.6 is 0 Å². The van der Waals surface area contributed by atoms with Crippen LogP contribution in [0.1, 0.15) is 22.9 Å². The zero-order valence-electron chi connectivity index (χ0n) is 10.5. The Hall–Kier alpha value is -1.32. The van der Waals surface area contributed by atoms with Gasteiger partial charge >= 0.3 is 0 Å². The maximum atomic E-state index is 5.91. The van der Waals surface area contributed by atoms with E-state index in [0.29, 0.717) is 12.6 Å². The Kier molecular flexibility index (Phi) is 2.45. The predicted octanol–water partition coefficient (Wildman–Crippen LogP) is 1.96. The fourth-order valence-corrected chi connectivity index (χ4v) is 3.03. The number of hydrogen-bond donors (Lipinski definition) is 2. The van der Waals surface area contributed by atoms with Crippen molar-refractivity contribution in [3.05, 3.63) is 35.0 Å². The molecule has 1 aromatic carbocycles. The highest BCUT2D eigenvalue weighted by molar-refractivity contribution is 5.88. The second kappa shape index (κ2) is 3.86. The zero-order valence-corrected chi connectivity index (χ0v) is 10.5. The molecule has 0 fully saturated rings. The summed E-state index contributed by atoms with van der Waals surface area (Å²) in [6.45, 7) is 3.96. The minimum absolute atomic E-state index is 0.338. The van der Waals surface area contributed by atoms with E-state index < -0.39 is 0 Å². The summed E-state index contributed by atoms with van der Waals surface area (Å²) in [5.41, 5.74) is 11.3. The molecule has 0 aliphatic carbocycles. The number of benzene rings is 1. The molecule has 17 heavy (non-hydrogen) atoms. The molecule has 3 heteroatoms. The third-order valence-corrected chi connectivity index (χ3v) is 3.97. The van der Waals surface area contributed by atoms with Gasteiger partial charge in [-0.2, -0.15) is 0 Å². The number of aromatic amines is 1. The average molecular weight is 229 g/mol. The number of likely N-dealkylation sites (N-methyl/N-ethyl adjacent to an activating group) is 1. The standard InChI is InChI=1S/C14H19N3/c1-9-4-3-5-11-13(9)10-6-7-17(2)12(8-15)14(10)16-11/h3-5,12,16H,6-8,15H2,1-2H3. The van der Waals surface area contributed by atoms with Gasteiger partial charge in [0.05, 0.1) is 6.04 Å². The second-order valence-corrected chi connectivity index (χ2v) is 5.00. The Balaban J connectivity index is 2.27. The highest BCUT2D eigenvalue weighted by Gasteiger charge is 2.27. The normalized spacial score (nSPS) is 20.8. The van der Waals surface area contributed by atoms with Gasteiger partial charge in [-0.3, -0.25) is 4.90 Å². The third-order valence-electron chi connectivity index (χ3n) is 3.97. The van der Waals surface area contributed by atoms with Crippen LogP contribution in [0.4, 0.5) is 0 Å². The Bertz CT molecular complexity index is 556. The van der Waals surface area contributed by atoms with Gasteiger partial charge in [-0.15, -0.1) is 0 Å². The van der Waals surface area contributed by atoms with Crippen LogP contribution in [0, 0.1) is 6.92 Å². The van der Waals surface area contributed by atoms with E-state index >= 15 is 0 Å². The van der Waals surface area contributed by atoms with Crippen LogP contribution in [-0.2, 0) is 6.42 Å². The summed E-state index contributed by atoms with van der Waals surface area (Å²) < 4.78 is 0. The number of aromatic nitrogens is 1. The van der Waals surface area contributed by atoms with Crippen molar-refractivity contribution in [1.29, 1.82) is 0 Å². The molecule has 1 aliphatic heterocycles. The summed E-state index contributed by atoms with van der Waals surface area (Å²) in [5.74, 6) is 0. The summed E-state index contributed by atoms with van der Waals surface area (Å²) in [7, 11) is 2.15. The number of aryl methyl sites for hydroxylation is 1. The molecule has 3 N–H and O–H groups in total. The highest BCUT2D eigenvalue weighted by Crippen LogP contribution is 2.34. The summed E-state index contributed by atoms with van der Waals surface area (Å²) >= 11 is 0. The average Bonchev–Trinajstić information content (AvgIpc) is 2.68. The van der Waals surface area contributed by atoms with E-state index in [2.05, 4.69) is 42.1 Å². The smallest absolute Gasteiger partial charge is 0.0623 e. The van der Waals surface area contributed by atoms with Crippen molar-refractivity contribution in [3.8, 4) is 0 Å². The molecule has 0 saturated carbocycles. The maximum Gasteiger partial charge on any atom is 0.0623 e. The molecule has 2 heterocycles.